The van der Waals surface area contributed by atoms with Crippen molar-refractivity contribution in [2.45, 2.75) is 25.9 Å². The fourth-order valence-electron chi connectivity index (χ4n) is 2.49. The molecule has 2 rings (SSSR count). The molecular weight excluding hydrogens is 322 g/mol. The van der Waals surface area contributed by atoms with Crippen LogP contribution < -0.4 is 4.74 Å². The maximum Gasteiger partial charge on any atom is 0.407 e. The summed E-state index contributed by atoms with van der Waals surface area (Å²) < 4.78 is 6.26. The van der Waals surface area contributed by atoms with Gasteiger partial charge in [-0.2, -0.15) is 0 Å². The van der Waals surface area contributed by atoms with Gasteiger partial charge in [-0.05, 0) is 36.4 Å². The first-order valence-corrected chi connectivity index (χ1v) is 8.90. The van der Waals surface area contributed by atoms with Gasteiger partial charge in [0.05, 0.1) is 0 Å². The van der Waals surface area contributed by atoms with Crippen molar-refractivity contribution < 1.29 is 14.6 Å². The number of nitrogens with zero attached hydrogens (tertiary/aromatic N) is 1. The summed E-state index contributed by atoms with van der Waals surface area (Å²) in [6.07, 6.45) is 2.15. The number of hydrogen-bond donors (Lipinski definition) is 1. The molecule has 2 aromatic rings. The number of amides is 1. The van der Waals surface area contributed by atoms with Crippen LogP contribution in [0.4, 0.5) is 4.79 Å². The number of hydrogen-bond acceptors (Lipinski definition) is 3. The maximum atomic E-state index is 11.2. The lowest BCUT2D eigenvalue weighted by Gasteiger charge is -2.23. The molecule has 0 saturated carbocycles. The molecule has 1 unspecified atom stereocenters. The zero-order chi connectivity index (χ0) is 17.4. The molecule has 1 aromatic carbocycles. The molecule has 0 bridgehead atoms. The predicted octanol–water partition coefficient (Wildman–Crippen LogP) is 4.99. The normalized spacial score (nSPS) is 11.7. The second-order valence-corrected chi connectivity index (χ2v) is 6.35. The Kier molecular flexibility index (Phi) is 6.88. The lowest BCUT2D eigenvalue weighted by molar-refractivity contribution is 0.132. The minimum atomic E-state index is -0.894. The predicted molar refractivity (Wildman–Crippen MR) is 97.9 cm³/mol. The summed E-state index contributed by atoms with van der Waals surface area (Å²) in [6, 6.07) is 11.9. The van der Waals surface area contributed by atoms with Gasteiger partial charge in [-0.15, -0.1) is 17.9 Å². The van der Waals surface area contributed by atoms with Crippen LogP contribution in [0.1, 0.15) is 29.9 Å². The van der Waals surface area contributed by atoms with Crippen LogP contribution in [0.15, 0.2) is 54.4 Å². The lowest BCUT2D eigenvalue weighted by atomic mass is 10.1. The second-order valence-electron chi connectivity index (χ2n) is 5.37. The van der Waals surface area contributed by atoms with Crippen LogP contribution in [0.3, 0.4) is 0 Å². The van der Waals surface area contributed by atoms with Gasteiger partial charge in [-0.3, -0.25) is 0 Å². The number of rotatable bonds is 9. The van der Waals surface area contributed by atoms with Crippen LogP contribution >= 0.6 is 11.3 Å². The SMILES string of the molecule is C=CCc1ccccc1OC(CCN(CC)C(=O)O)c1cccs1. The molecule has 0 spiro atoms. The summed E-state index contributed by atoms with van der Waals surface area (Å²) in [5.41, 5.74) is 1.08. The molecule has 1 amide bonds. The molecule has 128 valence electrons. The van der Waals surface area contributed by atoms with Crippen LogP contribution in [0.2, 0.25) is 0 Å². The van der Waals surface area contributed by atoms with Crippen LogP contribution in [0, 0.1) is 0 Å². The van der Waals surface area contributed by atoms with Crippen molar-refractivity contribution in [2.24, 2.45) is 0 Å². The molecule has 1 atom stereocenters. The van der Waals surface area contributed by atoms with Gasteiger partial charge in [0.2, 0.25) is 0 Å². The molecule has 0 aliphatic heterocycles. The summed E-state index contributed by atoms with van der Waals surface area (Å²) in [6.45, 7) is 6.55. The number of benzene rings is 1. The number of ether oxygens (including phenoxy) is 1. The van der Waals surface area contributed by atoms with E-state index in [0.717, 1.165) is 22.6 Å². The Hall–Kier alpha value is -2.27. The Morgan fingerprint density at radius 2 is 2.17 bits per heavy atom. The van der Waals surface area contributed by atoms with E-state index < -0.39 is 6.09 Å². The molecule has 5 heteroatoms. The molecule has 1 N–H and O–H groups in total. The van der Waals surface area contributed by atoms with Gasteiger partial charge in [-0.25, -0.2) is 4.79 Å². The number of thiophene rings is 1. The van der Waals surface area contributed by atoms with Gasteiger partial charge in [-0.1, -0.05) is 30.3 Å². The second kappa shape index (κ2) is 9.13. The monoisotopic (exact) mass is 345 g/mol. The third-order valence-corrected chi connectivity index (χ3v) is 4.74. The van der Waals surface area contributed by atoms with Crippen LogP contribution in [0.5, 0.6) is 5.75 Å². The van der Waals surface area contributed by atoms with Crippen molar-refractivity contribution in [1.29, 1.82) is 0 Å². The zero-order valence-electron chi connectivity index (χ0n) is 13.9. The van der Waals surface area contributed by atoms with Gasteiger partial charge in [0.1, 0.15) is 11.9 Å². The van der Waals surface area contributed by atoms with Crippen molar-refractivity contribution in [1.82, 2.24) is 4.90 Å². The molecule has 0 aliphatic rings. The van der Waals surface area contributed by atoms with Crippen LogP contribution in [-0.4, -0.2) is 29.2 Å². The Labute approximate surface area is 147 Å². The number of carboxylic acid groups (broad SMARTS) is 1. The molecule has 0 aliphatic carbocycles. The largest absolute Gasteiger partial charge is 0.485 e. The summed E-state index contributed by atoms with van der Waals surface area (Å²) in [5.74, 6) is 0.828. The Bertz CT molecular complexity index is 654. The zero-order valence-corrected chi connectivity index (χ0v) is 14.7. The molecular formula is C19H23NO3S. The van der Waals surface area contributed by atoms with Crippen molar-refractivity contribution in [3.63, 3.8) is 0 Å². The van der Waals surface area contributed by atoms with E-state index in [-0.39, 0.29) is 6.10 Å². The van der Waals surface area contributed by atoms with E-state index in [9.17, 15) is 9.90 Å². The quantitative estimate of drug-likeness (QED) is 0.652. The van der Waals surface area contributed by atoms with Gasteiger partial charge in [0.25, 0.3) is 0 Å². The van der Waals surface area contributed by atoms with E-state index in [0.29, 0.717) is 19.5 Å². The van der Waals surface area contributed by atoms with E-state index >= 15 is 0 Å². The Morgan fingerprint density at radius 1 is 1.38 bits per heavy atom. The molecule has 0 radical (unpaired) electrons. The first-order chi connectivity index (χ1) is 11.7. The van der Waals surface area contributed by atoms with Gasteiger partial charge >= 0.3 is 6.09 Å². The number of allylic oxidation sites excluding steroid dienone is 1. The van der Waals surface area contributed by atoms with Crippen molar-refractivity contribution in [2.75, 3.05) is 13.1 Å². The van der Waals surface area contributed by atoms with Crippen LogP contribution in [0.25, 0.3) is 0 Å². The summed E-state index contributed by atoms with van der Waals surface area (Å²) in [5, 5.41) is 11.2. The Balaban J connectivity index is 2.16. The lowest BCUT2D eigenvalue weighted by Crippen LogP contribution is -2.31. The van der Waals surface area contributed by atoms with E-state index in [1.165, 1.54) is 4.90 Å². The highest BCUT2D eigenvalue weighted by Crippen LogP contribution is 2.30. The molecule has 1 heterocycles. The highest BCUT2D eigenvalue weighted by Gasteiger charge is 2.19. The van der Waals surface area contributed by atoms with E-state index in [2.05, 4.69) is 6.58 Å². The Morgan fingerprint density at radius 3 is 2.79 bits per heavy atom. The molecule has 4 nitrogen and oxygen atoms in total. The minimum Gasteiger partial charge on any atom is -0.485 e. The standard InChI is InChI=1S/C19H23NO3S/c1-3-8-15-9-5-6-10-16(15)23-17(18-11-7-14-24-18)12-13-20(4-2)19(21)22/h3,5-7,9-11,14,17H,1,4,8,12-13H2,2H3,(H,21,22). The molecule has 0 fully saturated rings. The summed E-state index contributed by atoms with van der Waals surface area (Å²) >= 11 is 1.63. The topological polar surface area (TPSA) is 49.8 Å². The average molecular weight is 345 g/mol. The first-order valence-electron chi connectivity index (χ1n) is 8.02. The van der Waals surface area contributed by atoms with Crippen LogP contribution in [-0.2, 0) is 6.42 Å². The third kappa shape index (κ3) is 4.86. The van der Waals surface area contributed by atoms with Gasteiger partial charge < -0.3 is 14.7 Å². The first kappa shape index (κ1) is 18.1. The number of para-hydroxylation sites is 1. The fourth-order valence-corrected chi connectivity index (χ4v) is 3.28. The molecule has 0 saturated heterocycles. The highest BCUT2D eigenvalue weighted by molar-refractivity contribution is 7.10. The van der Waals surface area contributed by atoms with Crippen molar-refractivity contribution in [3.8, 4) is 5.75 Å². The molecule has 1 aromatic heterocycles. The van der Waals surface area contributed by atoms with Crippen molar-refractivity contribution in [3.05, 3.63) is 64.9 Å². The average Bonchev–Trinajstić information content (AvgIpc) is 3.10. The van der Waals surface area contributed by atoms with E-state index in [4.69, 9.17) is 4.74 Å². The minimum absolute atomic E-state index is 0.163. The third-order valence-electron chi connectivity index (χ3n) is 3.78. The maximum absolute atomic E-state index is 11.2. The van der Waals surface area contributed by atoms with Gasteiger partial charge in [0.15, 0.2) is 0 Å². The summed E-state index contributed by atoms with van der Waals surface area (Å²) in [4.78, 5) is 13.7. The fraction of sp³-hybridized carbons (Fsp3) is 0.316. The summed E-state index contributed by atoms with van der Waals surface area (Å²) in [7, 11) is 0. The highest BCUT2D eigenvalue weighted by atomic mass is 32.1. The van der Waals surface area contributed by atoms with E-state index in [1.54, 1.807) is 11.3 Å². The smallest absolute Gasteiger partial charge is 0.407 e. The van der Waals surface area contributed by atoms with E-state index in [1.807, 2.05) is 54.8 Å². The molecule has 24 heavy (non-hydrogen) atoms. The number of carbonyl (C=O) groups is 1. The van der Waals surface area contributed by atoms with Crippen molar-refractivity contribution >= 4 is 17.4 Å². The van der Waals surface area contributed by atoms with Gasteiger partial charge in [0, 0.05) is 24.4 Å².